The summed E-state index contributed by atoms with van der Waals surface area (Å²) in [7, 11) is 0. The molecule has 0 atom stereocenters. The zero-order chi connectivity index (χ0) is 14.6. The lowest BCUT2D eigenvalue weighted by Crippen LogP contribution is -2.40. The summed E-state index contributed by atoms with van der Waals surface area (Å²) in [4.78, 5) is 21.5. The van der Waals surface area contributed by atoms with Gasteiger partial charge in [-0.15, -0.1) is 0 Å². The lowest BCUT2D eigenvalue weighted by Gasteiger charge is -2.29. The Bertz CT molecular complexity index is 501. The SMILES string of the molecule is CC(=O)N(/N=C/c1ccc([N+](=O)[O-])cc1)C(C)(C)C. The van der Waals surface area contributed by atoms with Gasteiger partial charge in [0.2, 0.25) is 5.91 Å². The van der Waals surface area contributed by atoms with E-state index in [9.17, 15) is 14.9 Å². The van der Waals surface area contributed by atoms with Crippen molar-refractivity contribution in [2.24, 2.45) is 5.10 Å². The number of benzene rings is 1. The largest absolute Gasteiger partial charge is 0.273 e. The zero-order valence-electron chi connectivity index (χ0n) is 11.5. The average Bonchev–Trinajstić information content (AvgIpc) is 2.27. The monoisotopic (exact) mass is 263 g/mol. The van der Waals surface area contributed by atoms with Crippen LogP contribution in [0.3, 0.4) is 0 Å². The van der Waals surface area contributed by atoms with Gasteiger partial charge in [-0.25, -0.2) is 5.01 Å². The topological polar surface area (TPSA) is 75.8 Å². The van der Waals surface area contributed by atoms with Crippen LogP contribution in [0.4, 0.5) is 5.69 Å². The minimum atomic E-state index is -0.460. The fourth-order valence-electron chi connectivity index (χ4n) is 1.53. The molecule has 1 rings (SSSR count). The van der Waals surface area contributed by atoms with Crippen LogP contribution in [0.2, 0.25) is 0 Å². The van der Waals surface area contributed by atoms with Gasteiger partial charge in [0.25, 0.3) is 5.69 Å². The molecule has 0 saturated carbocycles. The standard InChI is InChI=1S/C13H17N3O3/c1-10(17)15(13(2,3)4)14-9-11-5-7-12(8-6-11)16(18)19/h5-9H,1-4H3/b14-9+. The third kappa shape index (κ3) is 4.17. The normalized spacial score (nSPS) is 11.6. The Hall–Kier alpha value is -2.24. The molecule has 0 spiro atoms. The van der Waals surface area contributed by atoms with Crippen LogP contribution in [0.15, 0.2) is 29.4 Å². The molecule has 0 heterocycles. The number of amides is 1. The summed E-state index contributed by atoms with van der Waals surface area (Å²) in [6.07, 6.45) is 1.51. The van der Waals surface area contributed by atoms with Gasteiger partial charge in [0.05, 0.1) is 16.7 Å². The van der Waals surface area contributed by atoms with Crippen LogP contribution in [0.25, 0.3) is 0 Å². The average molecular weight is 263 g/mol. The van der Waals surface area contributed by atoms with E-state index >= 15 is 0 Å². The number of hydrogen-bond donors (Lipinski definition) is 0. The van der Waals surface area contributed by atoms with Gasteiger partial charge in [0, 0.05) is 19.1 Å². The highest BCUT2D eigenvalue weighted by molar-refractivity contribution is 5.82. The van der Waals surface area contributed by atoms with Crippen molar-refractivity contribution in [2.45, 2.75) is 33.2 Å². The molecule has 0 saturated heterocycles. The molecule has 6 nitrogen and oxygen atoms in total. The van der Waals surface area contributed by atoms with E-state index in [0.29, 0.717) is 5.56 Å². The molecule has 1 aromatic carbocycles. The summed E-state index contributed by atoms with van der Waals surface area (Å²) in [6, 6.07) is 5.97. The first-order valence-corrected chi connectivity index (χ1v) is 5.81. The van der Waals surface area contributed by atoms with Crippen LogP contribution >= 0.6 is 0 Å². The van der Waals surface area contributed by atoms with Gasteiger partial charge in [-0.05, 0) is 38.5 Å². The first-order valence-electron chi connectivity index (χ1n) is 5.81. The number of nitrogens with zero attached hydrogens (tertiary/aromatic N) is 3. The molecule has 0 aliphatic rings. The van der Waals surface area contributed by atoms with Gasteiger partial charge in [0.15, 0.2) is 0 Å². The molecular weight excluding hydrogens is 246 g/mol. The lowest BCUT2D eigenvalue weighted by molar-refractivity contribution is -0.384. The maximum atomic E-state index is 11.5. The van der Waals surface area contributed by atoms with Crippen molar-refractivity contribution in [2.75, 3.05) is 0 Å². The number of carbonyl (C=O) groups is 1. The van der Waals surface area contributed by atoms with Gasteiger partial charge < -0.3 is 0 Å². The molecule has 0 N–H and O–H groups in total. The summed E-state index contributed by atoms with van der Waals surface area (Å²) in [5.74, 6) is -0.161. The van der Waals surface area contributed by atoms with Gasteiger partial charge in [-0.1, -0.05) is 0 Å². The van der Waals surface area contributed by atoms with E-state index in [1.54, 1.807) is 12.1 Å². The van der Waals surface area contributed by atoms with Crippen LogP contribution in [0.5, 0.6) is 0 Å². The van der Waals surface area contributed by atoms with E-state index in [0.717, 1.165) is 0 Å². The van der Waals surface area contributed by atoms with E-state index in [4.69, 9.17) is 0 Å². The molecule has 0 aliphatic heterocycles. The van der Waals surface area contributed by atoms with Crippen molar-refractivity contribution in [3.63, 3.8) is 0 Å². The Morgan fingerprint density at radius 3 is 2.21 bits per heavy atom. The van der Waals surface area contributed by atoms with E-state index in [-0.39, 0.29) is 11.6 Å². The molecule has 0 radical (unpaired) electrons. The highest BCUT2D eigenvalue weighted by Crippen LogP contribution is 2.15. The molecule has 0 aliphatic carbocycles. The molecular formula is C13H17N3O3. The molecule has 0 fully saturated rings. The summed E-state index contributed by atoms with van der Waals surface area (Å²) in [5.41, 5.74) is 0.306. The summed E-state index contributed by atoms with van der Waals surface area (Å²) in [5, 5.41) is 16.0. The van der Waals surface area contributed by atoms with Crippen molar-refractivity contribution in [3.05, 3.63) is 39.9 Å². The molecule has 19 heavy (non-hydrogen) atoms. The van der Waals surface area contributed by atoms with E-state index in [1.165, 1.54) is 30.3 Å². The molecule has 0 unspecified atom stereocenters. The molecule has 6 heteroatoms. The highest BCUT2D eigenvalue weighted by atomic mass is 16.6. The highest BCUT2D eigenvalue weighted by Gasteiger charge is 2.22. The second kappa shape index (κ2) is 5.60. The van der Waals surface area contributed by atoms with Crippen molar-refractivity contribution < 1.29 is 9.72 Å². The van der Waals surface area contributed by atoms with E-state index in [1.807, 2.05) is 20.8 Å². The maximum absolute atomic E-state index is 11.5. The maximum Gasteiger partial charge on any atom is 0.269 e. The lowest BCUT2D eigenvalue weighted by atomic mass is 10.1. The number of nitro benzene ring substituents is 1. The number of non-ortho nitro benzene ring substituents is 1. The quantitative estimate of drug-likeness (QED) is 0.478. The Morgan fingerprint density at radius 2 is 1.84 bits per heavy atom. The van der Waals surface area contributed by atoms with Crippen molar-refractivity contribution in [1.29, 1.82) is 0 Å². The van der Waals surface area contributed by atoms with Crippen LogP contribution in [0, 0.1) is 10.1 Å². The number of rotatable bonds is 3. The van der Waals surface area contributed by atoms with E-state index < -0.39 is 10.5 Å². The Labute approximate surface area is 111 Å². The van der Waals surface area contributed by atoms with Gasteiger partial charge in [-0.2, -0.15) is 5.10 Å². The second-order valence-electron chi connectivity index (χ2n) is 5.09. The molecule has 1 aromatic rings. The predicted molar refractivity (Wildman–Crippen MR) is 73.0 cm³/mol. The first kappa shape index (κ1) is 14.8. The third-order valence-corrected chi connectivity index (χ3v) is 2.36. The Kier molecular flexibility index (Phi) is 4.37. The fourth-order valence-corrected chi connectivity index (χ4v) is 1.53. The van der Waals surface area contributed by atoms with Crippen molar-refractivity contribution >= 4 is 17.8 Å². The summed E-state index contributed by atoms with van der Waals surface area (Å²) in [6.45, 7) is 7.07. The second-order valence-corrected chi connectivity index (χ2v) is 5.09. The summed E-state index contributed by atoms with van der Waals surface area (Å²) >= 11 is 0. The fraction of sp³-hybridized carbons (Fsp3) is 0.385. The van der Waals surface area contributed by atoms with Gasteiger partial charge in [0.1, 0.15) is 0 Å². The zero-order valence-corrected chi connectivity index (χ0v) is 11.5. The van der Waals surface area contributed by atoms with E-state index in [2.05, 4.69) is 5.10 Å². The number of hydrazone groups is 1. The molecule has 0 bridgehead atoms. The van der Waals surface area contributed by atoms with Crippen LogP contribution in [-0.2, 0) is 4.79 Å². The van der Waals surface area contributed by atoms with Crippen LogP contribution in [0.1, 0.15) is 33.3 Å². The first-order chi connectivity index (χ1) is 8.71. The van der Waals surface area contributed by atoms with Crippen molar-refractivity contribution in [1.82, 2.24) is 5.01 Å². The molecule has 1 amide bonds. The minimum absolute atomic E-state index is 0.0244. The number of hydrogen-bond acceptors (Lipinski definition) is 4. The third-order valence-electron chi connectivity index (χ3n) is 2.36. The number of nitro groups is 1. The minimum Gasteiger partial charge on any atom is -0.273 e. The number of carbonyl (C=O) groups excluding carboxylic acids is 1. The van der Waals surface area contributed by atoms with Crippen LogP contribution < -0.4 is 0 Å². The van der Waals surface area contributed by atoms with Crippen molar-refractivity contribution in [3.8, 4) is 0 Å². The Morgan fingerprint density at radius 1 is 1.32 bits per heavy atom. The summed E-state index contributed by atoms with van der Waals surface area (Å²) < 4.78 is 0. The smallest absolute Gasteiger partial charge is 0.269 e. The van der Waals surface area contributed by atoms with Gasteiger partial charge >= 0.3 is 0 Å². The molecule has 0 aromatic heterocycles. The van der Waals surface area contributed by atoms with Crippen LogP contribution in [-0.4, -0.2) is 27.6 Å². The molecule has 102 valence electrons. The Balaban J connectivity index is 2.91. The predicted octanol–water partition coefficient (Wildman–Crippen LogP) is 2.58. The van der Waals surface area contributed by atoms with Gasteiger partial charge in [-0.3, -0.25) is 14.9 Å².